The van der Waals surface area contributed by atoms with E-state index in [4.69, 9.17) is 9.47 Å². The summed E-state index contributed by atoms with van der Waals surface area (Å²) in [5.74, 6) is 1.06. The molecule has 1 N–H and O–H groups in total. The summed E-state index contributed by atoms with van der Waals surface area (Å²) in [6.07, 6.45) is 1.39. The summed E-state index contributed by atoms with van der Waals surface area (Å²) in [4.78, 5) is 38.0. The van der Waals surface area contributed by atoms with Gasteiger partial charge < -0.3 is 19.7 Å². The minimum atomic E-state index is -0.202. The maximum atomic E-state index is 12.7. The number of rotatable bonds is 8. The highest BCUT2D eigenvalue weighted by Crippen LogP contribution is 2.17. The van der Waals surface area contributed by atoms with Crippen molar-refractivity contribution in [2.24, 2.45) is 0 Å². The molecule has 1 aliphatic heterocycles. The predicted octanol–water partition coefficient (Wildman–Crippen LogP) is 3.09. The molecule has 1 saturated heterocycles. The molecule has 0 spiro atoms. The molecule has 2 aromatic rings. The number of ether oxygens (including phenoxy) is 2. The van der Waals surface area contributed by atoms with Crippen molar-refractivity contribution < 1.29 is 23.9 Å². The van der Waals surface area contributed by atoms with Gasteiger partial charge in [-0.05, 0) is 75.2 Å². The van der Waals surface area contributed by atoms with E-state index in [1.165, 1.54) is 6.92 Å². The van der Waals surface area contributed by atoms with Crippen LogP contribution in [0.4, 0.5) is 0 Å². The normalized spacial score (nSPS) is 14.1. The summed E-state index contributed by atoms with van der Waals surface area (Å²) >= 11 is 0. The molecule has 0 saturated carbocycles. The van der Waals surface area contributed by atoms with Crippen molar-refractivity contribution in [1.29, 1.82) is 0 Å². The van der Waals surface area contributed by atoms with Crippen LogP contribution in [0.5, 0.6) is 11.5 Å². The largest absolute Gasteiger partial charge is 0.494 e. The summed E-state index contributed by atoms with van der Waals surface area (Å²) in [5, 5.41) is 2.97. The van der Waals surface area contributed by atoms with E-state index in [1.807, 2.05) is 11.8 Å². The lowest BCUT2D eigenvalue weighted by Gasteiger charge is -2.32. The average Bonchev–Trinajstić information content (AvgIpc) is 2.79. The zero-order valence-corrected chi connectivity index (χ0v) is 17.9. The predicted molar refractivity (Wildman–Crippen MR) is 117 cm³/mol. The van der Waals surface area contributed by atoms with E-state index in [9.17, 15) is 14.4 Å². The van der Waals surface area contributed by atoms with Crippen LogP contribution in [0.2, 0.25) is 0 Å². The highest BCUT2D eigenvalue weighted by molar-refractivity contribution is 5.94. The third-order valence-electron chi connectivity index (χ3n) is 5.19. The molecular formula is C24H28N2O5. The lowest BCUT2D eigenvalue weighted by Crippen LogP contribution is -2.47. The second-order valence-electron chi connectivity index (χ2n) is 7.46. The first-order valence-corrected chi connectivity index (χ1v) is 10.5. The van der Waals surface area contributed by atoms with Gasteiger partial charge in [-0.2, -0.15) is 0 Å². The van der Waals surface area contributed by atoms with Gasteiger partial charge in [-0.15, -0.1) is 0 Å². The zero-order valence-electron chi connectivity index (χ0n) is 17.9. The topological polar surface area (TPSA) is 84.9 Å². The Morgan fingerprint density at radius 3 is 2.00 bits per heavy atom. The van der Waals surface area contributed by atoms with Crippen LogP contribution < -0.4 is 14.8 Å². The van der Waals surface area contributed by atoms with Crippen molar-refractivity contribution in [2.45, 2.75) is 32.7 Å². The van der Waals surface area contributed by atoms with Gasteiger partial charge in [-0.1, -0.05) is 0 Å². The summed E-state index contributed by atoms with van der Waals surface area (Å²) in [6, 6.07) is 13.9. The van der Waals surface area contributed by atoms with Crippen molar-refractivity contribution in [3.63, 3.8) is 0 Å². The Hall–Kier alpha value is -3.35. The van der Waals surface area contributed by atoms with Crippen molar-refractivity contribution >= 4 is 17.6 Å². The number of hydrogen-bond donors (Lipinski definition) is 1. The van der Waals surface area contributed by atoms with E-state index in [0.717, 1.165) is 5.75 Å². The van der Waals surface area contributed by atoms with Gasteiger partial charge in [0.05, 0.1) is 6.61 Å². The Balaban J connectivity index is 1.41. The van der Waals surface area contributed by atoms with E-state index in [-0.39, 0.29) is 30.2 Å². The van der Waals surface area contributed by atoms with Gasteiger partial charge in [-0.25, -0.2) is 0 Å². The van der Waals surface area contributed by atoms with Crippen molar-refractivity contribution in [2.75, 3.05) is 26.3 Å². The number of piperidine rings is 1. The molecular weight excluding hydrogens is 396 g/mol. The molecule has 31 heavy (non-hydrogen) atoms. The van der Waals surface area contributed by atoms with Crippen LogP contribution in [-0.2, 0) is 4.79 Å². The first-order chi connectivity index (χ1) is 15.0. The minimum absolute atomic E-state index is 0.00911. The highest BCUT2D eigenvalue weighted by Gasteiger charge is 2.24. The second kappa shape index (κ2) is 10.6. The molecule has 1 heterocycles. The SMILES string of the molecule is CCOc1ccc(C(=O)N2CCC(NC(=O)COc3ccc(C(C)=O)cc3)CC2)cc1. The zero-order chi connectivity index (χ0) is 22.2. The Morgan fingerprint density at radius 1 is 0.903 bits per heavy atom. The number of benzene rings is 2. The number of nitrogens with zero attached hydrogens (tertiary/aromatic N) is 1. The molecule has 1 fully saturated rings. The average molecular weight is 424 g/mol. The van der Waals surface area contributed by atoms with E-state index < -0.39 is 0 Å². The first kappa shape index (κ1) is 22.3. The molecule has 2 aromatic carbocycles. The number of ketones is 1. The van der Waals surface area contributed by atoms with Gasteiger partial charge in [0, 0.05) is 30.3 Å². The number of hydrogen-bond acceptors (Lipinski definition) is 5. The Bertz CT molecular complexity index is 901. The fourth-order valence-corrected chi connectivity index (χ4v) is 3.47. The molecule has 0 aliphatic carbocycles. The van der Waals surface area contributed by atoms with Crippen LogP contribution in [0.3, 0.4) is 0 Å². The fourth-order valence-electron chi connectivity index (χ4n) is 3.47. The number of carbonyl (C=O) groups is 3. The maximum absolute atomic E-state index is 12.7. The van der Waals surface area contributed by atoms with Crippen LogP contribution in [-0.4, -0.2) is 54.8 Å². The molecule has 1 aliphatic rings. The summed E-state index contributed by atoms with van der Waals surface area (Å²) in [6.45, 7) is 5.09. The third kappa shape index (κ3) is 6.31. The highest BCUT2D eigenvalue weighted by atomic mass is 16.5. The monoisotopic (exact) mass is 424 g/mol. The van der Waals surface area contributed by atoms with Gasteiger partial charge in [0.25, 0.3) is 11.8 Å². The molecule has 3 rings (SSSR count). The van der Waals surface area contributed by atoms with E-state index >= 15 is 0 Å². The van der Waals surface area contributed by atoms with Crippen LogP contribution in [0.25, 0.3) is 0 Å². The molecule has 7 heteroatoms. The molecule has 0 radical (unpaired) electrons. The van der Waals surface area contributed by atoms with Gasteiger partial charge in [-0.3, -0.25) is 14.4 Å². The first-order valence-electron chi connectivity index (χ1n) is 10.5. The van der Waals surface area contributed by atoms with Crippen LogP contribution >= 0.6 is 0 Å². The Labute approximate surface area is 182 Å². The molecule has 0 aromatic heterocycles. The van der Waals surface area contributed by atoms with Crippen LogP contribution in [0.1, 0.15) is 47.4 Å². The van der Waals surface area contributed by atoms with Crippen molar-refractivity contribution in [3.8, 4) is 11.5 Å². The molecule has 7 nitrogen and oxygen atoms in total. The van der Waals surface area contributed by atoms with Crippen molar-refractivity contribution in [3.05, 3.63) is 59.7 Å². The van der Waals surface area contributed by atoms with Crippen LogP contribution in [0, 0.1) is 0 Å². The van der Waals surface area contributed by atoms with Crippen LogP contribution in [0.15, 0.2) is 48.5 Å². The smallest absolute Gasteiger partial charge is 0.258 e. The summed E-state index contributed by atoms with van der Waals surface area (Å²) in [7, 11) is 0. The lowest BCUT2D eigenvalue weighted by atomic mass is 10.0. The third-order valence-corrected chi connectivity index (χ3v) is 5.19. The second-order valence-corrected chi connectivity index (χ2v) is 7.46. The van der Waals surface area contributed by atoms with Gasteiger partial charge >= 0.3 is 0 Å². The lowest BCUT2D eigenvalue weighted by molar-refractivity contribution is -0.124. The summed E-state index contributed by atoms with van der Waals surface area (Å²) < 4.78 is 10.9. The fraction of sp³-hybridized carbons (Fsp3) is 0.375. The van der Waals surface area contributed by atoms with Gasteiger partial charge in [0.2, 0.25) is 0 Å². The Morgan fingerprint density at radius 2 is 1.45 bits per heavy atom. The van der Waals surface area contributed by atoms with Gasteiger partial charge in [0.1, 0.15) is 11.5 Å². The standard InChI is InChI=1S/C24H28N2O5/c1-3-30-21-10-6-19(7-11-21)24(29)26-14-12-20(13-15-26)25-23(28)16-31-22-8-4-18(5-9-22)17(2)27/h4-11,20H,3,12-16H2,1-2H3,(H,25,28). The van der Waals surface area contributed by atoms with E-state index in [1.54, 1.807) is 48.5 Å². The maximum Gasteiger partial charge on any atom is 0.258 e. The van der Waals surface area contributed by atoms with E-state index in [2.05, 4.69) is 5.32 Å². The molecule has 164 valence electrons. The number of amides is 2. The molecule has 0 unspecified atom stereocenters. The molecule has 2 amide bonds. The number of nitrogens with one attached hydrogen (secondary N) is 1. The summed E-state index contributed by atoms with van der Waals surface area (Å²) in [5.41, 5.74) is 1.23. The van der Waals surface area contributed by atoms with E-state index in [0.29, 0.717) is 49.4 Å². The molecule has 0 bridgehead atoms. The molecule has 0 atom stereocenters. The number of carbonyl (C=O) groups excluding carboxylic acids is 3. The quantitative estimate of drug-likeness (QED) is 0.659. The van der Waals surface area contributed by atoms with Crippen molar-refractivity contribution in [1.82, 2.24) is 10.2 Å². The Kier molecular flexibility index (Phi) is 7.65. The number of likely N-dealkylation sites (tertiary alicyclic amines) is 1. The van der Waals surface area contributed by atoms with Gasteiger partial charge in [0.15, 0.2) is 12.4 Å². The minimum Gasteiger partial charge on any atom is -0.494 e. The number of Topliss-reactive ketones (excluding diaryl/α,β-unsaturated/α-hetero) is 1.